The van der Waals surface area contributed by atoms with Gasteiger partial charge in [-0.05, 0) is 12.1 Å². The van der Waals surface area contributed by atoms with Gasteiger partial charge in [-0.25, -0.2) is 9.31 Å². The van der Waals surface area contributed by atoms with Gasteiger partial charge in [0.1, 0.15) is 0 Å². The fraction of sp³-hybridized carbons (Fsp3) is 0. The lowest BCUT2D eigenvalue weighted by Crippen LogP contribution is -1.93. The van der Waals surface area contributed by atoms with Gasteiger partial charge < -0.3 is 10.2 Å². The molecule has 2 rings (SSSR count). The van der Waals surface area contributed by atoms with Crippen molar-refractivity contribution in [2.45, 2.75) is 0 Å². The Morgan fingerprint density at radius 2 is 2.23 bits per heavy atom. The zero-order chi connectivity index (χ0) is 9.42. The van der Waals surface area contributed by atoms with Crippen LogP contribution in [0.4, 0.5) is 0 Å². The third kappa shape index (κ3) is 1.20. The van der Waals surface area contributed by atoms with Crippen LogP contribution in [0.25, 0.3) is 5.52 Å². The van der Waals surface area contributed by atoms with Crippen LogP contribution < -0.4 is 0 Å². The number of carboxylic acids is 1. The largest absolute Gasteiger partial charge is 0.492 e. The second-order valence-electron chi connectivity index (χ2n) is 2.59. The number of fused-ring (bicyclic) bond motifs is 1. The molecule has 0 fully saturated rings. The highest BCUT2D eigenvalue weighted by molar-refractivity contribution is 5.89. The number of hydrogen-bond acceptors (Lipinski definition) is 3. The Hall–Kier alpha value is -2.04. The summed E-state index contributed by atoms with van der Waals surface area (Å²) in [6.45, 7) is 0. The predicted octanol–water partition coefficient (Wildman–Crippen LogP) is 0.738. The summed E-state index contributed by atoms with van der Waals surface area (Å²) in [4.78, 5) is 10.6. The first-order chi connectivity index (χ1) is 6.16. The van der Waals surface area contributed by atoms with Crippen molar-refractivity contribution < 1.29 is 15.0 Å². The summed E-state index contributed by atoms with van der Waals surface area (Å²) < 4.78 is 1.32. The standard InChI is InChI=1S/C8H6N2O3/c11-7-2-1-6-3-5(8(12)13)4-10(6)9-7/h1-4H,(H,9,11)(H,12,13). The number of aromatic hydroxyl groups is 1. The van der Waals surface area contributed by atoms with E-state index in [1.165, 1.54) is 22.8 Å². The van der Waals surface area contributed by atoms with Crippen LogP contribution in [0.2, 0.25) is 0 Å². The summed E-state index contributed by atoms with van der Waals surface area (Å²) in [7, 11) is 0. The summed E-state index contributed by atoms with van der Waals surface area (Å²) >= 11 is 0. The second kappa shape index (κ2) is 2.48. The topological polar surface area (TPSA) is 74.8 Å². The van der Waals surface area contributed by atoms with Crippen LogP contribution in [0.3, 0.4) is 0 Å². The molecule has 0 radical (unpaired) electrons. The molecule has 0 aliphatic heterocycles. The van der Waals surface area contributed by atoms with Crippen LogP contribution in [-0.4, -0.2) is 25.8 Å². The molecule has 2 aromatic heterocycles. The lowest BCUT2D eigenvalue weighted by molar-refractivity contribution is 0.0697. The van der Waals surface area contributed by atoms with Crippen LogP contribution in [0.1, 0.15) is 10.4 Å². The van der Waals surface area contributed by atoms with Crippen LogP contribution >= 0.6 is 0 Å². The number of carbonyl (C=O) groups is 1. The number of rotatable bonds is 1. The van der Waals surface area contributed by atoms with Crippen molar-refractivity contribution in [2.75, 3.05) is 0 Å². The molecule has 0 atom stereocenters. The van der Waals surface area contributed by atoms with Gasteiger partial charge >= 0.3 is 5.97 Å². The minimum atomic E-state index is -1.01. The maximum atomic E-state index is 10.6. The van der Waals surface area contributed by atoms with E-state index in [4.69, 9.17) is 10.2 Å². The monoisotopic (exact) mass is 178 g/mol. The summed E-state index contributed by atoms with van der Waals surface area (Å²) in [6.07, 6.45) is 1.34. The molecular weight excluding hydrogens is 172 g/mol. The molecule has 2 N–H and O–H groups in total. The fourth-order valence-electron chi connectivity index (χ4n) is 1.10. The molecule has 0 aliphatic carbocycles. The van der Waals surface area contributed by atoms with E-state index < -0.39 is 5.97 Å². The van der Waals surface area contributed by atoms with Crippen molar-refractivity contribution in [3.63, 3.8) is 0 Å². The molecule has 0 aromatic carbocycles. The second-order valence-corrected chi connectivity index (χ2v) is 2.59. The van der Waals surface area contributed by atoms with Gasteiger partial charge in [-0.1, -0.05) is 0 Å². The van der Waals surface area contributed by atoms with E-state index in [0.29, 0.717) is 5.52 Å². The van der Waals surface area contributed by atoms with Gasteiger partial charge in [-0.15, -0.1) is 5.10 Å². The quantitative estimate of drug-likeness (QED) is 0.675. The molecule has 0 bridgehead atoms. The lowest BCUT2D eigenvalue weighted by atomic mass is 10.3. The number of nitrogens with zero attached hydrogens (tertiary/aromatic N) is 2. The van der Waals surface area contributed by atoms with Gasteiger partial charge in [0.2, 0.25) is 5.88 Å². The van der Waals surface area contributed by atoms with Crippen LogP contribution in [0, 0.1) is 0 Å². The molecular formula is C8H6N2O3. The Balaban J connectivity index is 2.68. The molecule has 66 valence electrons. The highest BCUT2D eigenvalue weighted by Crippen LogP contribution is 2.11. The van der Waals surface area contributed by atoms with Crippen molar-refractivity contribution in [1.29, 1.82) is 0 Å². The maximum absolute atomic E-state index is 10.6. The van der Waals surface area contributed by atoms with Gasteiger partial charge in [0.05, 0.1) is 11.1 Å². The molecule has 0 spiro atoms. The number of aromatic nitrogens is 2. The molecule has 0 saturated carbocycles. The van der Waals surface area contributed by atoms with Crippen LogP contribution in [-0.2, 0) is 0 Å². The molecule has 2 aromatic rings. The van der Waals surface area contributed by atoms with Crippen molar-refractivity contribution in [3.8, 4) is 5.88 Å². The number of carboxylic acid groups (broad SMARTS) is 1. The van der Waals surface area contributed by atoms with Gasteiger partial charge in [0, 0.05) is 12.3 Å². The molecule has 2 heterocycles. The highest BCUT2D eigenvalue weighted by Gasteiger charge is 2.06. The first kappa shape index (κ1) is 7.60. The number of aromatic carboxylic acids is 1. The van der Waals surface area contributed by atoms with E-state index in [1.54, 1.807) is 6.07 Å². The van der Waals surface area contributed by atoms with Crippen molar-refractivity contribution in [2.24, 2.45) is 0 Å². The smallest absolute Gasteiger partial charge is 0.337 e. The third-order valence-corrected chi connectivity index (χ3v) is 1.69. The third-order valence-electron chi connectivity index (χ3n) is 1.69. The van der Waals surface area contributed by atoms with E-state index >= 15 is 0 Å². The van der Waals surface area contributed by atoms with Crippen molar-refractivity contribution in [1.82, 2.24) is 9.61 Å². The molecule has 5 heteroatoms. The van der Waals surface area contributed by atoms with Gasteiger partial charge in [-0.3, -0.25) is 0 Å². The zero-order valence-corrected chi connectivity index (χ0v) is 6.51. The van der Waals surface area contributed by atoms with E-state index in [9.17, 15) is 4.79 Å². The SMILES string of the molecule is O=C(O)c1cc2ccc(O)nn2c1. The van der Waals surface area contributed by atoms with E-state index in [0.717, 1.165) is 0 Å². The summed E-state index contributed by atoms with van der Waals surface area (Å²) in [5.41, 5.74) is 0.785. The molecule has 0 saturated heterocycles. The summed E-state index contributed by atoms with van der Waals surface area (Å²) in [5, 5.41) is 21.3. The van der Waals surface area contributed by atoms with E-state index in [1.807, 2.05) is 0 Å². The maximum Gasteiger partial charge on any atom is 0.337 e. The minimum absolute atomic E-state index is 0.139. The predicted molar refractivity (Wildman–Crippen MR) is 43.8 cm³/mol. The first-order valence-corrected chi connectivity index (χ1v) is 3.58. The molecule has 13 heavy (non-hydrogen) atoms. The molecule has 5 nitrogen and oxygen atoms in total. The molecule has 0 unspecified atom stereocenters. The Labute approximate surface area is 72.9 Å². The van der Waals surface area contributed by atoms with E-state index in [-0.39, 0.29) is 11.4 Å². The van der Waals surface area contributed by atoms with Gasteiger partial charge in [-0.2, -0.15) is 0 Å². The zero-order valence-electron chi connectivity index (χ0n) is 6.51. The Morgan fingerprint density at radius 3 is 2.92 bits per heavy atom. The first-order valence-electron chi connectivity index (χ1n) is 3.58. The Bertz CT molecular complexity index is 475. The molecule has 0 aliphatic rings. The fourth-order valence-corrected chi connectivity index (χ4v) is 1.10. The average Bonchev–Trinajstić information content (AvgIpc) is 2.46. The van der Waals surface area contributed by atoms with E-state index in [2.05, 4.69) is 5.10 Å². The lowest BCUT2D eigenvalue weighted by Gasteiger charge is -1.92. The van der Waals surface area contributed by atoms with Gasteiger partial charge in [0.15, 0.2) is 0 Å². The summed E-state index contributed by atoms with van der Waals surface area (Å²) in [5.74, 6) is -1.15. The van der Waals surface area contributed by atoms with Gasteiger partial charge in [0.25, 0.3) is 0 Å². The Kier molecular flexibility index (Phi) is 1.45. The molecule has 0 amide bonds. The van der Waals surface area contributed by atoms with Crippen LogP contribution in [0.15, 0.2) is 24.4 Å². The van der Waals surface area contributed by atoms with Crippen LogP contribution in [0.5, 0.6) is 5.88 Å². The van der Waals surface area contributed by atoms with Crippen molar-refractivity contribution in [3.05, 3.63) is 30.0 Å². The normalized spacial score (nSPS) is 10.5. The highest BCUT2D eigenvalue weighted by atomic mass is 16.4. The van der Waals surface area contributed by atoms with Crippen molar-refractivity contribution >= 4 is 11.5 Å². The minimum Gasteiger partial charge on any atom is -0.492 e. The Morgan fingerprint density at radius 1 is 1.46 bits per heavy atom. The average molecular weight is 178 g/mol. The number of hydrogen-bond donors (Lipinski definition) is 2. The summed E-state index contributed by atoms with van der Waals surface area (Å²) in [6, 6.07) is 4.48.